The van der Waals surface area contributed by atoms with Crippen molar-refractivity contribution in [2.45, 2.75) is 6.92 Å². The normalized spacial score (nSPS) is 12.2. The summed E-state index contributed by atoms with van der Waals surface area (Å²) in [6.45, 7) is 1.89. The Morgan fingerprint density at radius 2 is 2.36 bits per heavy atom. The molecular formula is C7H8Cl2N2. The summed E-state index contributed by atoms with van der Waals surface area (Å²) < 4.78 is 1.70. The van der Waals surface area contributed by atoms with Crippen LogP contribution in [0.2, 0.25) is 0 Å². The van der Waals surface area contributed by atoms with Crippen molar-refractivity contribution in [1.82, 2.24) is 9.78 Å². The van der Waals surface area contributed by atoms with Gasteiger partial charge in [-0.2, -0.15) is 5.10 Å². The topological polar surface area (TPSA) is 17.8 Å². The SMILES string of the molecule is Cc1nn(C)cc1C(Cl)=CCl. The van der Waals surface area contributed by atoms with E-state index in [1.54, 1.807) is 4.68 Å². The highest BCUT2D eigenvalue weighted by atomic mass is 35.5. The van der Waals surface area contributed by atoms with Gasteiger partial charge in [0, 0.05) is 24.3 Å². The van der Waals surface area contributed by atoms with Gasteiger partial charge in [0.2, 0.25) is 0 Å². The Morgan fingerprint density at radius 3 is 2.73 bits per heavy atom. The average Bonchev–Trinajstić information content (AvgIpc) is 2.28. The molecule has 1 aromatic rings. The zero-order valence-corrected chi connectivity index (χ0v) is 7.82. The molecule has 0 atom stereocenters. The standard InChI is InChI=1S/C7H8Cl2N2/c1-5-6(7(9)3-8)4-11(2)10-5/h3-4H,1-2H3. The van der Waals surface area contributed by atoms with E-state index in [1.807, 2.05) is 20.2 Å². The lowest BCUT2D eigenvalue weighted by Crippen LogP contribution is -1.86. The molecule has 0 radical (unpaired) electrons. The van der Waals surface area contributed by atoms with E-state index in [4.69, 9.17) is 23.2 Å². The molecule has 0 aromatic carbocycles. The molecule has 0 saturated carbocycles. The van der Waals surface area contributed by atoms with E-state index in [1.165, 1.54) is 5.54 Å². The number of nitrogens with zero attached hydrogens (tertiary/aromatic N) is 2. The number of halogens is 2. The Hall–Kier alpha value is -0.470. The highest BCUT2D eigenvalue weighted by molar-refractivity contribution is 6.53. The number of hydrogen-bond acceptors (Lipinski definition) is 1. The minimum atomic E-state index is 0.525. The summed E-state index contributed by atoms with van der Waals surface area (Å²) in [7, 11) is 1.84. The lowest BCUT2D eigenvalue weighted by Gasteiger charge is -1.90. The van der Waals surface area contributed by atoms with Gasteiger partial charge in [-0.3, -0.25) is 4.68 Å². The smallest absolute Gasteiger partial charge is 0.0681 e. The Kier molecular flexibility index (Phi) is 2.58. The zero-order valence-electron chi connectivity index (χ0n) is 6.31. The van der Waals surface area contributed by atoms with E-state index in [2.05, 4.69) is 5.10 Å². The molecule has 0 aliphatic heterocycles. The second-order valence-electron chi connectivity index (χ2n) is 2.26. The van der Waals surface area contributed by atoms with Crippen LogP contribution in [0.15, 0.2) is 11.7 Å². The van der Waals surface area contributed by atoms with E-state index < -0.39 is 0 Å². The fourth-order valence-corrected chi connectivity index (χ4v) is 1.20. The van der Waals surface area contributed by atoms with E-state index in [-0.39, 0.29) is 0 Å². The Labute approximate surface area is 75.4 Å². The van der Waals surface area contributed by atoms with Gasteiger partial charge >= 0.3 is 0 Å². The van der Waals surface area contributed by atoms with Gasteiger partial charge in [-0.15, -0.1) is 0 Å². The van der Waals surface area contributed by atoms with Crippen LogP contribution >= 0.6 is 23.2 Å². The lowest BCUT2D eigenvalue weighted by atomic mass is 10.3. The molecule has 0 N–H and O–H groups in total. The molecule has 0 aliphatic rings. The van der Waals surface area contributed by atoms with Crippen LogP contribution in [0.25, 0.3) is 5.03 Å². The van der Waals surface area contributed by atoms with Crippen molar-refractivity contribution in [2.24, 2.45) is 7.05 Å². The van der Waals surface area contributed by atoms with Crippen LogP contribution in [-0.2, 0) is 7.05 Å². The maximum Gasteiger partial charge on any atom is 0.0681 e. The van der Waals surface area contributed by atoms with Gasteiger partial charge < -0.3 is 0 Å². The third-order valence-electron chi connectivity index (χ3n) is 1.37. The van der Waals surface area contributed by atoms with Gasteiger partial charge in [0.15, 0.2) is 0 Å². The fraction of sp³-hybridized carbons (Fsp3) is 0.286. The quantitative estimate of drug-likeness (QED) is 0.666. The van der Waals surface area contributed by atoms with Gasteiger partial charge in [-0.1, -0.05) is 23.2 Å². The second kappa shape index (κ2) is 3.28. The number of aryl methyl sites for hydroxylation is 2. The van der Waals surface area contributed by atoms with Crippen molar-refractivity contribution in [3.05, 3.63) is 23.0 Å². The molecule has 1 heterocycles. The Bertz CT molecular complexity index is 289. The summed E-state index contributed by atoms with van der Waals surface area (Å²) >= 11 is 11.2. The molecule has 0 amide bonds. The van der Waals surface area contributed by atoms with Gasteiger partial charge in [-0.05, 0) is 6.92 Å². The summed E-state index contributed by atoms with van der Waals surface area (Å²) in [5.74, 6) is 0. The van der Waals surface area contributed by atoms with Crippen molar-refractivity contribution in [2.75, 3.05) is 0 Å². The molecule has 4 heteroatoms. The summed E-state index contributed by atoms with van der Waals surface area (Å²) in [6.07, 6.45) is 1.83. The summed E-state index contributed by atoms with van der Waals surface area (Å²) in [5.41, 5.74) is 3.10. The average molecular weight is 191 g/mol. The van der Waals surface area contributed by atoms with Crippen LogP contribution in [0.5, 0.6) is 0 Å². The highest BCUT2D eigenvalue weighted by Gasteiger charge is 2.04. The van der Waals surface area contributed by atoms with Gasteiger partial charge in [0.1, 0.15) is 0 Å². The van der Waals surface area contributed by atoms with Crippen LogP contribution in [0.1, 0.15) is 11.3 Å². The molecule has 2 nitrogen and oxygen atoms in total. The van der Waals surface area contributed by atoms with Crippen LogP contribution in [0, 0.1) is 6.92 Å². The molecule has 1 aromatic heterocycles. The Morgan fingerprint density at radius 1 is 1.73 bits per heavy atom. The summed E-state index contributed by atoms with van der Waals surface area (Å²) in [4.78, 5) is 0. The van der Waals surface area contributed by atoms with Crippen LogP contribution in [0.3, 0.4) is 0 Å². The van der Waals surface area contributed by atoms with Gasteiger partial charge in [0.05, 0.1) is 10.7 Å². The van der Waals surface area contributed by atoms with E-state index in [0.717, 1.165) is 11.3 Å². The second-order valence-corrected chi connectivity index (χ2v) is 2.88. The van der Waals surface area contributed by atoms with Crippen LogP contribution < -0.4 is 0 Å². The van der Waals surface area contributed by atoms with Crippen molar-refractivity contribution >= 4 is 28.2 Å². The predicted molar refractivity (Wildman–Crippen MR) is 47.6 cm³/mol. The maximum atomic E-state index is 5.79. The zero-order chi connectivity index (χ0) is 8.43. The number of hydrogen-bond donors (Lipinski definition) is 0. The molecule has 0 fully saturated rings. The summed E-state index contributed by atoms with van der Waals surface area (Å²) in [6, 6.07) is 0. The third kappa shape index (κ3) is 1.76. The first-order valence-electron chi connectivity index (χ1n) is 3.11. The van der Waals surface area contributed by atoms with E-state index in [9.17, 15) is 0 Å². The predicted octanol–water partition coefficient (Wildman–Crippen LogP) is 2.50. The Balaban J connectivity index is 3.13. The fourth-order valence-electron chi connectivity index (χ4n) is 0.893. The van der Waals surface area contributed by atoms with E-state index in [0.29, 0.717) is 5.03 Å². The van der Waals surface area contributed by atoms with Crippen molar-refractivity contribution in [3.8, 4) is 0 Å². The van der Waals surface area contributed by atoms with Crippen LogP contribution in [0.4, 0.5) is 0 Å². The van der Waals surface area contributed by atoms with Crippen molar-refractivity contribution in [3.63, 3.8) is 0 Å². The highest BCUT2D eigenvalue weighted by Crippen LogP contribution is 2.21. The van der Waals surface area contributed by atoms with Gasteiger partial charge in [-0.25, -0.2) is 0 Å². The number of rotatable bonds is 1. The third-order valence-corrected chi connectivity index (χ3v) is 2.01. The molecule has 0 unspecified atom stereocenters. The molecule has 0 spiro atoms. The minimum Gasteiger partial charge on any atom is -0.275 e. The molecule has 0 aliphatic carbocycles. The van der Waals surface area contributed by atoms with Crippen LogP contribution in [-0.4, -0.2) is 9.78 Å². The maximum absolute atomic E-state index is 5.79. The first-order chi connectivity index (χ1) is 5.15. The summed E-state index contributed by atoms with van der Waals surface area (Å²) in [5, 5.41) is 4.64. The minimum absolute atomic E-state index is 0.525. The van der Waals surface area contributed by atoms with Crippen molar-refractivity contribution in [1.29, 1.82) is 0 Å². The monoisotopic (exact) mass is 190 g/mol. The van der Waals surface area contributed by atoms with E-state index >= 15 is 0 Å². The number of aromatic nitrogens is 2. The largest absolute Gasteiger partial charge is 0.275 e. The lowest BCUT2D eigenvalue weighted by molar-refractivity contribution is 0.756. The molecule has 0 saturated heterocycles. The molecule has 60 valence electrons. The van der Waals surface area contributed by atoms with Crippen molar-refractivity contribution < 1.29 is 0 Å². The molecule has 1 rings (SSSR count). The molecular weight excluding hydrogens is 183 g/mol. The molecule has 0 bridgehead atoms. The van der Waals surface area contributed by atoms with Gasteiger partial charge in [0.25, 0.3) is 0 Å². The molecule has 11 heavy (non-hydrogen) atoms. The first kappa shape index (κ1) is 8.62. The first-order valence-corrected chi connectivity index (χ1v) is 3.93.